The number of carbonyl (C=O) groups is 1. The van der Waals surface area contributed by atoms with Gasteiger partial charge in [-0.3, -0.25) is 4.79 Å². The fourth-order valence-electron chi connectivity index (χ4n) is 2.84. The number of aromatic nitrogens is 1. The zero-order chi connectivity index (χ0) is 14.8. The number of hydrogen-bond acceptors (Lipinski definition) is 6. The Morgan fingerprint density at radius 1 is 1.29 bits per heavy atom. The van der Waals surface area contributed by atoms with Crippen LogP contribution in [0.25, 0.3) is 0 Å². The van der Waals surface area contributed by atoms with Crippen molar-refractivity contribution in [2.75, 3.05) is 36.5 Å². The minimum atomic E-state index is -0.743. The number of aliphatic hydroxyl groups is 1. The van der Waals surface area contributed by atoms with Gasteiger partial charge in [0.2, 0.25) is 0 Å². The van der Waals surface area contributed by atoms with Crippen molar-refractivity contribution in [3.63, 3.8) is 0 Å². The third kappa shape index (κ3) is 3.25. The highest BCUT2D eigenvalue weighted by Gasteiger charge is 2.28. The number of nitrogens with zero attached hydrogens (tertiary/aromatic N) is 3. The highest BCUT2D eigenvalue weighted by molar-refractivity contribution is 5.70. The molecule has 0 radical (unpaired) electrons. The summed E-state index contributed by atoms with van der Waals surface area (Å²) >= 11 is 0. The lowest BCUT2D eigenvalue weighted by atomic mass is 10.1. The maximum atomic E-state index is 11.0. The number of hydrogen-bond donors (Lipinski definition) is 3. The fourth-order valence-corrected chi connectivity index (χ4v) is 2.84. The second-order valence-corrected chi connectivity index (χ2v) is 5.65. The van der Waals surface area contributed by atoms with Crippen molar-refractivity contribution in [3.05, 3.63) is 18.2 Å². The molecule has 7 heteroatoms. The van der Waals surface area contributed by atoms with Gasteiger partial charge in [0, 0.05) is 26.2 Å². The predicted molar refractivity (Wildman–Crippen MR) is 78.0 cm³/mol. The van der Waals surface area contributed by atoms with Gasteiger partial charge >= 0.3 is 5.97 Å². The summed E-state index contributed by atoms with van der Waals surface area (Å²) in [6.07, 6.45) is 1.14. The second-order valence-electron chi connectivity index (χ2n) is 5.65. The summed E-state index contributed by atoms with van der Waals surface area (Å²) in [5.74, 6) is 0.493. The second kappa shape index (κ2) is 5.87. The third-order valence-corrected chi connectivity index (χ3v) is 4.03. The highest BCUT2D eigenvalue weighted by atomic mass is 16.4. The monoisotopic (exact) mass is 292 g/mol. The highest BCUT2D eigenvalue weighted by Crippen LogP contribution is 2.21. The maximum absolute atomic E-state index is 11.0. The van der Waals surface area contributed by atoms with Gasteiger partial charge in [-0.15, -0.1) is 0 Å². The summed E-state index contributed by atoms with van der Waals surface area (Å²) in [4.78, 5) is 17.6. The lowest BCUT2D eigenvalue weighted by molar-refractivity contribution is -0.141. The molecule has 7 nitrogen and oxygen atoms in total. The largest absolute Gasteiger partial charge is 0.481 e. The first-order chi connectivity index (χ1) is 10.1. The summed E-state index contributed by atoms with van der Waals surface area (Å²) < 4.78 is 0. The minimum Gasteiger partial charge on any atom is -0.481 e. The SMILES string of the molecule is O=C(O)C1CCN(Nc2cccc(N3CCC(O)C3)n2)C1. The van der Waals surface area contributed by atoms with E-state index in [0.717, 1.165) is 18.8 Å². The van der Waals surface area contributed by atoms with Gasteiger partial charge in [0.15, 0.2) is 0 Å². The zero-order valence-corrected chi connectivity index (χ0v) is 11.8. The first-order valence-electron chi connectivity index (χ1n) is 7.26. The van der Waals surface area contributed by atoms with E-state index in [1.165, 1.54) is 0 Å². The Bertz CT molecular complexity index is 525. The van der Waals surface area contributed by atoms with E-state index in [-0.39, 0.29) is 12.0 Å². The number of carboxylic acids is 1. The average Bonchev–Trinajstić information content (AvgIpc) is 3.08. The van der Waals surface area contributed by atoms with Gasteiger partial charge in [0.05, 0.1) is 12.0 Å². The molecule has 2 aliphatic heterocycles. The number of hydrazine groups is 1. The molecule has 2 fully saturated rings. The van der Waals surface area contributed by atoms with Crippen molar-refractivity contribution in [1.82, 2.24) is 9.99 Å². The van der Waals surface area contributed by atoms with E-state index >= 15 is 0 Å². The molecule has 0 aromatic carbocycles. The van der Waals surface area contributed by atoms with E-state index in [0.29, 0.717) is 31.9 Å². The van der Waals surface area contributed by atoms with Gasteiger partial charge in [0.25, 0.3) is 0 Å². The number of pyridine rings is 1. The summed E-state index contributed by atoms with van der Waals surface area (Å²) in [5.41, 5.74) is 3.17. The molecule has 2 unspecified atom stereocenters. The molecule has 3 heterocycles. The van der Waals surface area contributed by atoms with Crippen LogP contribution >= 0.6 is 0 Å². The van der Waals surface area contributed by atoms with E-state index in [1.807, 2.05) is 23.2 Å². The van der Waals surface area contributed by atoms with Crippen LogP contribution in [0.3, 0.4) is 0 Å². The van der Waals surface area contributed by atoms with Crippen LogP contribution < -0.4 is 10.3 Å². The Hall–Kier alpha value is -1.86. The van der Waals surface area contributed by atoms with Crippen molar-refractivity contribution in [2.45, 2.75) is 18.9 Å². The molecule has 0 spiro atoms. The van der Waals surface area contributed by atoms with Crippen LogP contribution in [-0.4, -0.2) is 58.5 Å². The number of anilines is 2. The van der Waals surface area contributed by atoms with Gasteiger partial charge in [-0.1, -0.05) is 6.07 Å². The number of nitrogens with one attached hydrogen (secondary N) is 1. The molecule has 2 saturated heterocycles. The number of aliphatic hydroxyl groups excluding tert-OH is 1. The number of carboxylic acid groups (broad SMARTS) is 1. The Balaban J connectivity index is 1.63. The molecule has 21 heavy (non-hydrogen) atoms. The molecular formula is C14H20N4O3. The van der Waals surface area contributed by atoms with Gasteiger partial charge < -0.3 is 20.5 Å². The molecule has 0 bridgehead atoms. The summed E-state index contributed by atoms with van der Waals surface area (Å²) in [6, 6.07) is 5.71. The van der Waals surface area contributed by atoms with Gasteiger partial charge in [-0.05, 0) is 25.0 Å². The van der Waals surface area contributed by atoms with Crippen LogP contribution in [0.2, 0.25) is 0 Å². The molecule has 114 valence electrons. The normalized spacial score (nSPS) is 26.2. The van der Waals surface area contributed by atoms with Crippen LogP contribution in [0.4, 0.5) is 11.6 Å². The molecule has 3 rings (SSSR count). The topological polar surface area (TPSA) is 88.9 Å². The van der Waals surface area contributed by atoms with E-state index in [1.54, 1.807) is 0 Å². The molecule has 0 aliphatic carbocycles. The van der Waals surface area contributed by atoms with E-state index in [4.69, 9.17) is 5.11 Å². The molecule has 2 atom stereocenters. The fraction of sp³-hybridized carbons (Fsp3) is 0.571. The number of rotatable bonds is 4. The first-order valence-corrected chi connectivity index (χ1v) is 7.26. The van der Waals surface area contributed by atoms with E-state index in [2.05, 4.69) is 15.3 Å². The molecule has 3 N–H and O–H groups in total. The quantitative estimate of drug-likeness (QED) is 0.739. The molecule has 1 aromatic heterocycles. The lowest BCUT2D eigenvalue weighted by Crippen LogP contribution is -2.29. The van der Waals surface area contributed by atoms with Gasteiger partial charge in [-0.2, -0.15) is 0 Å². The predicted octanol–water partition coefficient (Wildman–Crippen LogP) is 0.386. The van der Waals surface area contributed by atoms with Gasteiger partial charge in [0.1, 0.15) is 11.6 Å². The van der Waals surface area contributed by atoms with E-state index < -0.39 is 5.97 Å². The zero-order valence-electron chi connectivity index (χ0n) is 11.8. The molecule has 1 aromatic rings. The van der Waals surface area contributed by atoms with Crippen molar-refractivity contribution in [3.8, 4) is 0 Å². The van der Waals surface area contributed by atoms with Crippen molar-refractivity contribution >= 4 is 17.6 Å². The average molecular weight is 292 g/mol. The van der Waals surface area contributed by atoms with Crippen molar-refractivity contribution in [1.29, 1.82) is 0 Å². The molecule has 0 amide bonds. The van der Waals surface area contributed by atoms with Crippen LogP contribution in [0.1, 0.15) is 12.8 Å². The van der Waals surface area contributed by atoms with Crippen LogP contribution in [0, 0.1) is 5.92 Å². The van der Waals surface area contributed by atoms with Crippen LogP contribution in [0.15, 0.2) is 18.2 Å². The lowest BCUT2D eigenvalue weighted by Gasteiger charge is -2.20. The molecule has 2 aliphatic rings. The van der Waals surface area contributed by atoms with Crippen LogP contribution in [0.5, 0.6) is 0 Å². The number of β-amino-alcohol motifs (C(OH)–C–C–N with tert-alkyl or cyclic N) is 1. The third-order valence-electron chi connectivity index (χ3n) is 4.03. The van der Waals surface area contributed by atoms with Crippen molar-refractivity contribution < 1.29 is 15.0 Å². The molecule has 0 saturated carbocycles. The smallest absolute Gasteiger partial charge is 0.307 e. The van der Waals surface area contributed by atoms with Crippen LogP contribution in [-0.2, 0) is 4.79 Å². The minimum absolute atomic E-state index is 0.279. The summed E-state index contributed by atoms with van der Waals surface area (Å²) in [7, 11) is 0. The van der Waals surface area contributed by atoms with Gasteiger partial charge in [-0.25, -0.2) is 9.99 Å². The van der Waals surface area contributed by atoms with Crippen molar-refractivity contribution in [2.24, 2.45) is 5.92 Å². The Labute approximate surface area is 123 Å². The Kier molecular flexibility index (Phi) is 3.94. The molecular weight excluding hydrogens is 272 g/mol. The summed E-state index contributed by atoms with van der Waals surface area (Å²) in [6.45, 7) is 2.61. The maximum Gasteiger partial charge on any atom is 0.307 e. The Morgan fingerprint density at radius 2 is 2.14 bits per heavy atom. The first kappa shape index (κ1) is 14.1. The number of aliphatic carboxylic acids is 1. The Morgan fingerprint density at radius 3 is 2.81 bits per heavy atom. The summed E-state index contributed by atoms with van der Waals surface area (Å²) in [5, 5.41) is 20.5. The van der Waals surface area contributed by atoms with E-state index in [9.17, 15) is 9.90 Å². The standard InChI is InChI=1S/C14H20N4O3/c19-11-5-6-17(9-11)13-3-1-2-12(15-13)16-18-7-4-10(8-18)14(20)21/h1-3,10-11,19H,4-9H2,(H,15,16)(H,20,21).